The number of rotatable bonds is 5. The molecule has 0 radical (unpaired) electrons. The summed E-state index contributed by atoms with van der Waals surface area (Å²) in [4.78, 5) is 23.8. The molecule has 2 aromatic carbocycles. The lowest BCUT2D eigenvalue weighted by molar-refractivity contribution is -0.149. The molecule has 3 rings (SSSR count). The van der Waals surface area contributed by atoms with Crippen LogP contribution in [0.3, 0.4) is 0 Å². The van der Waals surface area contributed by atoms with E-state index in [1.54, 1.807) is 19.1 Å². The van der Waals surface area contributed by atoms with Gasteiger partial charge in [-0.3, -0.25) is 9.59 Å². The van der Waals surface area contributed by atoms with Crippen LogP contribution in [0.25, 0.3) is 22.1 Å². The average Bonchev–Trinajstić information content (AvgIpc) is 2.62. The summed E-state index contributed by atoms with van der Waals surface area (Å²) in [5.41, 5.74) is 0.510. The molecule has 1 aromatic heterocycles. The highest BCUT2D eigenvalue weighted by molar-refractivity contribution is 5.88. The first kappa shape index (κ1) is 17.3. The SMILES string of the molecule is CCC(=O)OCOc1cc(O)c2c(=O)c(-c3ccc(O)cc3)coc2c1. The van der Waals surface area contributed by atoms with E-state index in [4.69, 9.17) is 13.9 Å². The molecule has 0 spiro atoms. The van der Waals surface area contributed by atoms with Gasteiger partial charge in [0.1, 0.15) is 34.5 Å². The van der Waals surface area contributed by atoms with E-state index in [0.29, 0.717) is 5.56 Å². The summed E-state index contributed by atoms with van der Waals surface area (Å²) in [6.45, 7) is 1.35. The van der Waals surface area contributed by atoms with Crippen molar-refractivity contribution in [1.29, 1.82) is 0 Å². The zero-order chi connectivity index (χ0) is 18.7. The van der Waals surface area contributed by atoms with Gasteiger partial charge in [0.2, 0.25) is 12.2 Å². The number of hydrogen-bond acceptors (Lipinski definition) is 7. The van der Waals surface area contributed by atoms with E-state index in [1.807, 2.05) is 0 Å². The largest absolute Gasteiger partial charge is 0.508 e. The Kier molecular flexibility index (Phi) is 4.79. The van der Waals surface area contributed by atoms with Crippen molar-refractivity contribution in [2.75, 3.05) is 6.79 Å². The molecule has 0 aliphatic rings. The fourth-order valence-electron chi connectivity index (χ4n) is 2.40. The van der Waals surface area contributed by atoms with Crippen LogP contribution in [0, 0.1) is 0 Å². The van der Waals surface area contributed by atoms with E-state index in [-0.39, 0.29) is 47.0 Å². The molecule has 0 fully saturated rings. The third kappa shape index (κ3) is 3.46. The van der Waals surface area contributed by atoms with Gasteiger partial charge in [0.25, 0.3) is 0 Å². The Morgan fingerprint density at radius 3 is 2.58 bits per heavy atom. The first-order chi connectivity index (χ1) is 12.5. The fraction of sp³-hybridized carbons (Fsp3) is 0.158. The summed E-state index contributed by atoms with van der Waals surface area (Å²) >= 11 is 0. The summed E-state index contributed by atoms with van der Waals surface area (Å²) in [7, 11) is 0. The van der Waals surface area contributed by atoms with Crippen LogP contribution in [0.2, 0.25) is 0 Å². The predicted octanol–water partition coefficient (Wildman–Crippen LogP) is 3.16. The molecule has 3 aromatic rings. The summed E-state index contributed by atoms with van der Waals surface area (Å²) in [5.74, 6) is -0.458. The lowest BCUT2D eigenvalue weighted by Crippen LogP contribution is -2.09. The number of hydrogen-bond donors (Lipinski definition) is 2. The zero-order valence-electron chi connectivity index (χ0n) is 13.9. The molecule has 7 heteroatoms. The van der Waals surface area contributed by atoms with Gasteiger partial charge in [-0.05, 0) is 17.7 Å². The van der Waals surface area contributed by atoms with Gasteiger partial charge in [-0.15, -0.1) is 0 Å². The Balaban J connectivity index is 1.95. The monoisotopic (exact) mass is 356 g/mol. The van der Waals surface area contributed by atoms with Crippen molar-refractivity contribution in [2.24, 2.45) is 0 Å². The van der Waals surface area contributed by atoms with Crippen LogP contribution in [0.15, 0.2) is 51.9 Å². The highest BCUT2D eigenvalue weighted by Crippen LogP contribution is 2.30. The summed E-state index contributed by atoms with van der Waals surface area (Å²) in [5, 5.41) is 19.6. The highest BCUT2D eigenvalue weighted by atomic mass is 16.7. The molecule has 0 saturated heterocycles. The third-order valence-corrected chi connectivity index (χ3v) is 3.74. The smallest absolute Gasteiger partial charge is 0.308 e. The molecule has 0 amide bonds. The Morgan fingerprint density at radius 2 is 1.88 bits per heavy atom. The second-order valence-corrected chi connectivity index (χ2v) is 5.47. The quantitative estimate of drug-likeness (QED) is 0.534. The number of aromatic hydroxyl groups is 2. The fourth-order valence-corrected chi connectivity index (χ4v) is 2.40. The van der Waals surface area contributed by atoms with Gasteiger partial charge < -0.3 is 24.1 Å². The van der Waals surface area contributed by atoms with Gasteiger partial charge in [0.05, 0.1) is 5.56 Å². The van der Waals surface area contributed by atoms with Crippen LogP contribution in [0.1, 0.15) is 13.3 Å². The molecule has 0 atom stereocenters. The van der Waals surface area contributed by atoms with Crippen LogP contribution in [-0.2, 0) is 9.53 Å². The minimum absolute atomic E-state index is 0.00785. The number of phenols is 2. The Hall–Kier alpha value is -3.48. The number of carbonyl (C=O) groups is 1. The summed E-state index contributed by atoms with van der Waals surface area (Å²) in [6.07, 6.45) is 1.50. The predicted molar refractivity (Wildman–Crippen MR) is 93.1 cm³/mol. The lowest BCUT2D eigenvalue weighted by atomic mass is 10.0. The summed E-state index contributed by atoms with van der Waals surface area (Å²) in [6, 6.07) is 8.73. The second-order valence-electron chi connectivity index (χ2n) is 5.47. The topological polar surface area (TPSA) is 106 Å². The van der Waals surface area contributed by atoms with Gasteiger partial charge >= 0.3 is 5.97 Å². The zero-order valence-corrected chi connectivity index (χ0v) is 13.9. The average molecular weight is 356 g/mol. The molecule has 0 bridgehead atoms. The maximum absolute atomic E-state index is 12.7. The Labute approximate surface area is 148 Å². The van der Waals surface area contributed by atoms with Gasteiger partial charge in [-0.2, -0.15) is 0 Å². The number of benzene rings is 2. The van der Waals surface area contributed by atoms with Crippen LogP contribution in [-0.4, -0.2) is 23.0 Å². The van der Waals surface area contributed by atoms with Crippen molar-refractivity contribution in [3.05, 3.63) is 52.9 Å². The molecule has 0 aliphatic carbocycles. The molecule has 0 aliphatic heterocycles. The van der Waals surface area contributed by atoms with E-state index in [1.165, 1.54) is 30.5 Å². The minimum atomic E-state index is -0.418. The van der Waals surface area contributed by atoms with Crippen LogP contribution >= 0.6 is 0 Å². The molecular weight excluding hydrogens is 340 g/mol. The van der Waals surface area contributed by atoms with E-state index in [2.05, 4.69) is 0 Å². The van der Waals surface area contributed by atoms with E-state index in [0.717, 1.165) is 0 Å². The lowest BCUT2D eigenvalue weighted by Gasteiger charge is -2.09. The third-order valence-electron chi connectivity index (χ3n) is 3.74. The second kappa shape index (κ2) is 7.18. The van der Waals surface area contributed by atoms with Crippen LogP contribution in [0.4, 0.5) is 0 Å². The van der Waals surface area contributed by atoms with Crippen molar-refractivity contribution < 1.29 is 28.9 Å². The van der Waals surface area contributed by atoms with Crippen molar-refractivity contribution in [1.82, 2.24) is 0 Å². The summed E-state index contributed by atoms with van der Waals surface area (Å²) < 4.78 is 15.5. The molecule has 1 heterocycles. The minimum Gasteiger partial charge on any atom is -0.508 e. The Bertz CT molecular complexity index is 1000. The maximum atomic E-state index is 12.7. The van der Waals surface area contributed by atoms with Gasteiger partial charge in [-0.1, -0.05) is 19.1 Å². The van der Waals surface area contributed by atoms with E-state index >= 15 is 0 Å². The standard InChI is InChI=1S/C19H16O7/c1-2-17(22)26-10-25-13-7-15(21)18-16(8-13)24-9-14(19(18)23)11-3-5-12(20)6-4-11/h3-9,20-21H,2,10H2,1H3. The van der Waals surface area contributed by atoms with Crippen molar-refractivity contribution in [3.8, 4) is 28.4 Å². The van der Waals surface area contributed by atoms with Gasteiger partial charge in [0.15, 0.2) is 0 Å². The first-order valence-corrected chi connectivity index (χ1v) is 7.86. The first-order valence-electron chi connectivity index (χ1n) is 7.86. The van der Waals surface area contributed by atoms with Crippen molar-refractivity contribution >= 4 is 16.9 Å². The molecule has 2 N–H and O–H groups in total. The number of carbonyl (C=O) groups excluding carboxylic acids is 1. The number of ether oxygens (including phenoxy) is 2. The van der Waals surface area contributed by atoms with Crippen molar-refractivity contribution in [2.45, 2.75) is 13.3 Å². The van der Waals surface area contributed by atoms with Crippen LogP contribution < -0.4 is 10.2 Å². The Morgan fingerprint density at radius 1 is 1.15 bits per heavy atom. The van der Waals surface area contributed by atoms with Crippen molar-refractivity contribution in [3.63, 3.8) is 0 Å². The number of phenolic OH excluding ortho intramolecular Hbond substituents is 2. The number of esters is 1. The molecular formula is C19H16O7. The normalized spacial score (nSPS) is 10.7. The molecule has 7 nitrogen and oxygen atoms in total. The maximum Gasteiger partial charge on any atom is 0.308 e. The molecule has 0 saturated carbocycles. The number of fused-ring (bicyclic) bond motifs is 1. The van der Waals surface area contributed by atoms with Gasteiger partial charge in [-0.25, -0.2) is 0 Å². The van der Waals surface area contributed by atoms with E-state index in [9.17, 15) is 19.8 Å². The van der Waals surface area contributed by atoms with Crippen LogP contribution in [0.5, 0.6) is 17.2 Å². The van der Waals surface area contributed by atoms with E-state index < -0.39 is 11.4 Å². The molecule has 0 unspecified atom stereocenters. The van der Waals surface area contributed by atoms with Gasteiger partial charge in [0, 0.05) is 18.6 Å². The molecule has 26 heavy (non-hydrogen) atoms. The highest BCUT2D eigenvalue weighted by Gasteiger charge is 2.14. The molecule has 134 valence electrons.